The molecule has 5 nitrogen and oxygen atoms in total. The number of hydrogen-bond acceptors (Lipinski definition) is 4. The summed E-state index contributed by atoms with van der Waals surface area (Å²) in [7, 11) is 0. The van der Waals surface area contributed by atoms with E-state index in [4.69, 9.17) is 0 Å². The molecule has 0 fully saturated rings. The number of carboxylic acids is 1. The standard InChI is InChI=1S/C9H9NO4.Na/c1-6(9(11)12)7-3-2-4-8(5-7)10(13)14;/h2-6H,1H3,(H,11,12);/q;+1/p-1/t6-;/m1./s1. The third-order valence-corrected chi connectivity index (χ3v) is 1.93. The molecule has 1 rings (SSSR count). The Kier molecular flexibility index (Phi) is 5.49. The summed E-state index contributed by atoms with van der Waals surface area (Å²) >= 11 is 0. The maximum absolute atomic E-state index is 10.5. The van der Waals surface area contributed by atoms with Crippen molar-refractivity contribution in [2.45, 2.75) is 12.8 Å². The quantitative estimate of drug-likeness (QED) is 0.317. The maximum Gasteiger partial charge on any atom is 1.00 e. The number of hydrogen-bond donors (Lipinski definition) is 0. The molecule has 0 amide bonds. The van der Waals surface area contributed by atoms with Crippen molar-refractivity contribution in [3.8, 4) is 0 Å². The van der Waals surface area contributed by atoms with E-state index in [2.05, 4.69) is 0 Å². The summed E-state index contributed by atoms with van der Waals surface area (Å²) in [5.41, 5.74) is 0.259. The summed E-state index contributed by atoms with van der Waals surface area (Å²) in [6.45, 7) is 1.42. The Balaban J connectivity index is 0.00000196. The van der Waals surface area contributed by atoms with Gasteiger partial charge in [0.15, 0.2) is 0 Å². The summed E-state index contributed by atoms with van der Waals surface area (Å²) in [4.78, 5) is 20.3. The molecule has 0 aliphatic rings. The zero-order valence-corrected chi connectivity index (χ0v) is 10.5. The molecule has 0 spiro atoms. The second-order valence-corrected chi connectivity index (χ2v) is 2.89. The van der Waals surface area contributed by atoms with Crippen molar-refractivity contribution in [2.75, 3.05) is 0 Å². The molecular weight excluding hydrogens is 209 g/mol. The minimum absolute atomic E-state index is 0. The Morgan fingerprint density at radius 3 is 2.53 bits per heavy atom. The van der Waals surface area contributed by atoms with Gasteiger partial charge in [0, 0.05) is 24.0 Å². The third kappa shape index (κ3) is 3.62. The number of carboxylic acid groups (broad SMARTS) is 1. The molecule has 0 aliphatic heterocycles. The Bertz CT molecular complexity index is 380. The molecule has 0 unspecified atom stereocenters. The monoisotopic (exact) mass is 217 g/mol. The van der Waals surface area contributed by atoms with Gasteiger partial charge in [-0.3, -0.25) is 10.1 Å². The van der Waals surface area contributed by atoms with E-state index in [1.807, 2.05) is 0 Å². The summed E-state index contributed by atoms with van der Waals surface area (Å²) in [6, 6.07) is 5.52. The fourth-order valence-electron chi connectivity index (χ4n) is 1.04. The van der Waals surface area contributed by atoms with E-state index in [-0.39, 0.29) is 35.2 Å². The molecular formula is C9H8NNaO4. The van der Waals surface area contributed by atoms with E-state index in [1.54, 1.807) is 0 Å². The first kappa shape index (κ1) is 14.1. The average molecular weight is 217 g/mol. The molecule has 15 heavy (non-hydrogen) atoms. The van der Waals surface area contributed by atoms with Gasteiger partial charge in [0.1, 0.15) is 0 Å². The number of nitrogens with zero attached hydrogens (tertiary/aromatic N) is 1. The summed E-state index contributed by atoms with van der Waals surface area (Å²) < 4.78 is 0. The molecule has 0 saturated carbocycles. The SMILES string of the molecule is C[C@@H](C(=O)[O-])c1cccc([N+](=O)[O-])c1.[Na+]. The molecule has 0 aliphatic carbocycles. The van der Waals surface area contributed by atoms with Crippen LogP contribution < -0.4 is 34.7 Å². The molecule has 0 saturated heterocycles. The predicted molar refractivity (Wildman–Crippen MR) is 46.5 cm³/mol. The van der Waals surface area contributed by atoms with E-state index in [0.29, 0.717) is 5.56 Å². The van der Waals surface area contributed by atoms with Crippen LogP contribution in [0, 0.1) is 10.1 Å². The molecule has 1 atom stereocenters. The van der Waals surface area contributed by atoms with Crippen molar-refractivity contribution in [3.05, 3.63) is 39.9 Å². The number of rotatable bonds is 3. The average Bonchev–Trinajstić information content (AvgIpc) is 2.16. The Morgan fingerprint density at radius 2 is 2.07 bits per heavy atom. The van der Waals surface area contributed by atoms with Crippen LogP contribution in [0.5, 0.6) is 0 Å². The van der Waals surface area contributed by atoms with Crippen molar-refractivity contribution in [1.82, 2.24) is 0 Å². The summed E-state index contributed by atoms with van der Waals surface area (Å²) in [5.74, 6) is -2.08. The Morgan fingerprint density at radius 1 is 1.47 bits per heavy atom. The van der Waals surface area contributed by atoms with Gasteiger partial charge in [-0.1, -0.05) is 19.1 Å². The van der Waals surface area contributed by atoms with Gasteiger partial charge in [-0.25, -0.2) is 0 Å². The molecule has 0 N–H and O–H groups in total. The zero-order chi connectivity index (χ0) is 10.7. The molecule has 1 aromatic carbocycles. The molecule has 1 aromatic rings. The molecule has 0 aromatic heterocycles. The number of nitro benzene ring substituents is 1. The number of carbonyl (C=O) groups excluding carboxylic acids is 1. The molecule has 0 bridgehead atoms. The van der Waals surface area contributed by atoms with Crippen LogP contribution in [-0.2, 0) is 4.79 Å². The second kappa shape index (κ2) is 5.85. The van der Waals surface area contributed by atoms with Gasteiger partial charge in [-0.05, 0) is 5.56 Å². The molecule has 0 heterocycles. The van der Waals surface area contributed by atoms with Crippen LogP contribution >= 0.6 is 0 Å². The predicted octanol–water partition coefficient (Wildman–Crippen LogP) is -2.55. The minimum Gasteiger partial charge on any atom is -0.550 e. The van der Waals surface area contributed by atoms with E-state index in [9.17, 15) is 20.0 Å². The van der Waals surface area contributed by atoms with Gasteiger partial charge < -0.3 is 9.90 Å². The number of benzene rings is 1. The fourth-order valence-corrected chi connectivity index (χ4v) is 1.04. The van der Waals surface area contributed by atoms with Crippen molar-refractivity contribution in [1.29, 1.82) is 0 Å². The first-order valence-electron chi connectivity index (χ1n) is 3.97. The van der Waals surface area contributed by atoms with Crippen molar-refractivity contribution < 1.29 is 44.4 Å². The minimum atomic E-state index is -1.24. The largest absolute Gasteiger partial charge is 1.00 e. The third-order valence-electron chi connectivity index (χ3n) is 1.93. The Labute approximate surface area is 109 Å². The van der Waals surface area contributed by atoms with Crippen LogP contribution in [0.2, 0.25) is 0 Å². The molecule has 6 heteroatoms. The first-order chi connectivity index (χ1) is 6.52. The van der Waals surface area contributed by atoms with Gasteiger partial charge in [-0.15, -0.1) is 0 Å². The number of non-ortho nitro benzene ring substituents is 1. The summed E-state index contributed by atoms with van der Waals surface area (Å²) in [6.07, 6.45) is 0. The van der Waals surface area contributed by atoms with Gasteiger partial charge in [0.2, 0.25) is 0 Å². The van der Waals surface area contributed by atoms with Crippen molar-refractivity contribution in [3.63, 3.8) is 0 Å². The fraction of sp³-hybridized carbons (Fsp3) is 0.222. The van der Waals surface area contributed by atoms with E-state index < -0.39 is 16.8 Å². The van der Waals surface area contributed by atoms with Crippen molar-refractivity contribution in [2.24, 2.45) is 0 Å². The number of aliphatic carboxylic acids is 1. The van der Waals surface area contributed by atoms with Crippen molar-refractivity contribution >= 4 is 11.7 Å². The maximum atomic E-state index is 10.5. The normalized spacial score (nSPS) is 11.3. The molecule has 0 radical (unpaired) electrons. The van der Waals surface area contributed by atoms with Gasteiger partial charge >= 0.3 is 29.6 Å². The van der Waals surface area contributed by atoms with Gasteiger partial charge in [0.05, 0.1) is 4.92 Å². The topological polar surface area (TPSA) is 83.3 Å². The van der Waals surface area contributed by atoms with Crippen LogP contribution in [0.1, 0.15) is 18.4 Å². The summed E-state index contributed by atoms with van der Waals surface area (Å²) in [5, 5.41) is 20.9. The second-order valence-electron chi connectivity index (χ2n) is 2.89. The molecule has 74 valence electrons. The van der Waals surface area contributed by atoms with Crippen LogP contribution in [0.15, 0.2) is 24.3 Å². The number of nitro groups is 1. The smallest absolute Gasteiger partial charge is 0.550 e. The van der Waals surface area contributed by atoms with Crippen LogP contribution in [0.25, 0.3) is 0 Å². The van der Waals surface area contributed by atoms with E-state index >= 15 is 0 Å². The van der Waals surface area contributed by atoms with Crippen LogP contribution in [-0.4, -0.2) is 10.9 Å². The van der Waals surface area contributed by atoms with E-state index in [1.165, 1.54) is 31.2 Å². The first-order valence-corrected chi connectivity index (χ1v) is 3.97. The van der Waals surface area contributed by atoms with E-state index in [0.717, 1.165) is 0 Å². The number of carbonyl (C=O) groups is 1. The van der Waals surface area contributed by atoms with Crippen LogP contribution in [0.3, 0.4) is 0 Å². The van der Waals surface area contributed by atoms with Gasteiger partial charge in [0.25, 0.3) is 5.69 Å². The zero-order valence-electron chi connectivity index (χ0n) is 8.47. The van der Waals surface area contributed by atoms with Gasteiger partial charge in [-0.2, -0.15) is 0 Å². The Hall–Kier alpha value is -0.910. The van der Waals surface area contributed by atoms with Crippen LogP contribution in [0.4, 0.5) is 5.69 Å².